The average molecular weight is 264 g/mol. The summed E-state index contributed by atoms with van der Waals surface area (Å²) in [5.41, 5.74) is 12.4. The van der Waals surface area contributed by atoms with Gasteiger partial charge in [-0.1, -0.05) is 0 Å². The molecule has 2 rings (SSSR count). The number of amides is 1. The normalized spacial score (nSPS) is 12.4. The van der Waals surface area contributed by atoms with Gasteiger partial charge in [0.25, 0.3) is 0 Å². The van der Waals surface area contributed by atoms with Crippen molar-refractivity contribution in [2.45, 2.75) is 13.0 Å². The van der Waals surface area contributed by atoms with Crippen LogP contribution in [0.4, 0.5) is 5.95 Å². The molecule has 7 heteroatoms. The van der Waals surface area contributed by atoms with Crippen molar-refractivity contribution in [3.8, 4) is 11.5 Å². The first-order valence-corrected chi connectivity index (χ1v) is 5.68. The maximum absolute atomic E-state index is 11.3. The van der Waals surface area contributed by atoms with E-state index in [2.05, 4.69) is 4.98 Å². The van der Waals surface area contributed by atoms with Gasteiger partial charge < -0.3 is 20.9 Å². The molecule has 0 radical (unpaired) electrons. The number of methoxy groups -OCH3 is 2. The maximum atomic E-state index is 11.3. The molecule has 1 amide bonds. The van der Waals surface area contributed by atoms with Crippen LogP contribution in [0, 0.1) is 0 Å². The van der Waals surface area contributed by atoms with Gasteiger partial charge in [-0.3, -0.25) is 9.36 Å². The first kappa shape index (κ1) is 13.0. The number of anilines is 1. The number of fused-ring (bicyclic) bond motifs is 1. The molecule has 4 N–H and O–H groups in total. The molecule has 0 aliphatic heterocycles. The Labute approximate surface area is 110 Å². The van der Waals surface area contributed by atoms with Gasteiger partial charge in [-0.25, -0.2) is 4.98 Å². The number of imidazole rings is 1. The molecule has 0 bridgehead atoms. The van der Waals surface area contributed by atoms with Gasteiger partial charge >= 0.3 is 0 Å². The zero-order chi connectivity index (χ0) is 14.2. The number of nitrogens with two attached hydrogens (primary N) is 2. The molecule has 7 nitrogen and oxygen atoms in total. The lowest BCUT2D eigenvalue weighted by molar-refractivity contribution is -0.120. The molecule has 102 valence electrons. The Morgan fingerprint density at radius 2 is 1.89 bits per heavy atom. The molecule has 2 aromatic rings. The van der Waals surface area contributed by atoms with Crippen LogP contribution in [0.25, 0.3) is 11.0 Å². The van der Waals surface area contributed by atoms with Crippen molar-refractivity contribution < 1.29 is 14.3 Å². The summed E-state index contributed by atoms with van der Waals surface area (Å²) in [5, 5.41) is 0. The average Bonchev–Trinajstić information content (AvgIpc) is 2.70. The summed E-state index contributed by atoms with van der Waals surface area (Å²) in [6.45, 7) is 1.66. The van der Waals surface area contributed by atoms with Gasteiger partial charge in [-0.05, 0) is 6.92 Å². The number of benzene rings is 1. The number of aromatic nitrogens is 2. The molecule has 0 spiro atoms. The monoisotopic (exact) mass is 264 g/mol. The summed E-state index contributed by atoms with van der Waals surface area (Å²) in [6, 6.07) is 2.83. The minimum absolute atomic E-state index is 0.219. The van der Waals surface area contributed by atoms with E-state index in [1.807, 2.05) is 0 Å². The number of nitrogen functional groups attached to an aromatic ring is 1. The molecule has 19 heavy (non-hydrogen) atoms. The van der Waals surface area contributed by atoms with Gasteiger partial charge in [-0.2, -0.15) is 0 Å². The fourth-order valence-corrected chi connectivity index (χ4v) is 1.97. The van der Waals surface area contributed by atoms with E-state index in [0.29, 0.717) is 22.5 Å². The van der Waals surface area contributed by atoms with Crippen LogP contribution in [-0.2, 0) is 4.79 Å². The number of carbonyl (C=O) groups is 1. The first-order chi connectivity index (χ1) is 8.99. The largest absolute Gasteiger partial charge is 0.493 e. The van der Waals surface area contributed by atoms with E-state index in [-0.39, 0.29) is 5.95 Å². The third-order valence-corrected chi connectivity index (χ3v) is 3.02. The molecular weight excluding hydrogens is 248 g/mol. The molecule has 1 aromatic carbocycles. The highest BCUT2D eigenvalue weighted by molar-refractivity contribution is 5.86. The highest BCUT2D eigenvalue weighted by Gasteiger charge is 2.20. The fraction of sp³-hybridized carbons (Fsp3) is 0.333. The molecule has 1 heterocycles. The van der Waals surface area contributed by atoms with Gasteiger partial charge in [0.15, 0.2) is 11.5 Å². The number of rotatable bonds is 4. The molecular formula is C12H16N4O3. The summed E-state index contributed by atoms with van der Waals surface area (Å²) in [5.74, 6) is 0.816. The summed E-state index contributed by atoms with van der Waals surface area (Å²) in [6.07, 6.45) is 0. The van der Waals surface area contributed by atoms with Crippen LogP contribution in [0.3, 0.4) is 0 Å². The number of nitrogens with zero attached hydrogens (tertiary/aromatic N) is 2. The quantitative estimate of drug-likeness (QED) is 0.844. The minimum Gasteiger partial charge on any atom is -0.493 e. The fourth-order valence-electron chi connectivity index (χ4n) is 1.97. The third kappa shape index (κ3) is 2.03. The summed E-state index contributed by atoms with van der Waals surface area (Å²) in [4.78, 5) is 15.5. The van der Waals surface area contributed by atoms with Crippen molar-refractivity contribution in [3.63, 3.8) is 0 Å². The number of primary amides is 1. The predicted octanol–water partition coefficient (Wildman–Crippen LogP) is 0.682. The van der Waals surface area contributed by atoms with E-state index in [1.165, 1.54) is 14.2 Å². The Morgan fingerprint density at radius 1 is 1.32 bits per heavy atom. The molecule has 1 atom stereocenters. The number of hydrogen-bond donors (Lipinski definition) is 2. The second-order valence-corrected chi connectivity index (χ2v) is 4.11. The molecule has 0 fully saturated rings. The van der Waals surface area contributed by atoms with E-state index < -0.39 is 11.9 Å². The lowest BCUT2D eigenvalue weighted by Crippen LogP contribution is -2.24. The number of hydrogen-bond acceptors (Lipinski definition) is 5. The Hall–Kier alpha value is -2.44. The van der Waals surface area contributed by atoms with Crippen LogP contribution in [0.2, 0.25) is 0 Å². The maximum Gasteiger partial charge on any atom is 0.240 e. The number of ether oxygens (including phenoxy) is 2. The Kier molecular flexibility index (Phi) is 3.20. The number of carbonyl (C=O) groups excluding carboxylic acids is 1. The Morgan fingerprint density at radius 3 is 2.42 bits per heavy atom. The smallest absolute Gasteiger partial charge is 0.240 e. The van der Waals surface area contributed by atoms with Crippen molar-refractivity contribution in [3.05, 3.63) is 12.1 Å². The molecule has 0 aliphatic carbocycles. The molecule has 0 aliphatic rings. The van der Waals surface area contributed by atoms with Crippen LogP contribution < -0.4 is 20.9 Å². The summed E-state index contributed by atoms with van der Waals surface area (Å²) < 4.78 is 12.0. The SMILES string of the molecule is COc1cc2nc(N)n(C(C)C(N)=O)c2cc1OC. The van der Waals surface area contributed by atoms with Crippen LogP contribution in [0.15, 0.2) is 12.1 Å². The molecule has 0 saturated carbocycles. The van der Waals surface area contributed by atoms with Gasteiger partial charge in [0.1, 0.15) is 6.04 Å². The van der Waals surface area contributed by atoms with E-state index >= 15 is 0 Å². The van der Waals surface area contributed by atoms with Crippen LogP contribution in [0.1, 0.15) is 13.0 Å². The van der Waals surface area contributed by atoms with Gasteiger partial charge in [0, 0.05) is 12.1 Å². The third-order valence-electron chi connectivity index (χ3n) is 3.02. The van der Waals surface area contributed by atoms with Gasteiger partial charge in [-0.15, -0.1) is 0 Å². The lowest BCUT2D eigenvalue weighted by Gasteiger charge is -2.13. The van der Waals surface area contributed by atoms with E-state index in [4.69, 9.17) is 20.9 Å². The molecule has 0 saturated heterocycles. The summed E-state index contributed by atoms with van der Waals surface area (Å²) in [7, 11) is 3.07. The predicted molar refractivity (Wildman–Crippen MR) is 71.2 cm³/mol. The van der Waals surface area contributed by atoms with Crippen LogP contribution in [0.5, 0.6) is 11.5 Å². The highest BCUT2D eigenvalue weighted by Crippen LogP contribution is 2.34. The van der Waals surface area contributed by atoms with Crippen molar-refractivity contribution in [2.75, 3.05) is 20.0 Å². The molecule has 1 unspecified atom stereocenters. The van der Waals surface area contributed by atoms with Crippen LogP contribution in [-0.4, -0.2) is 29.7 Å². The standard InChI is InChI=1S/C12H16N4O3/c1-6(11(13)17)16-8-5-10(19-3)9(18-2)4-7(8)15-12(16)14/h4-6H,1-3H3,(H2,13,17)(H2,14,15). The zero-order valence-electron chi connectivity index (χ0n) is 11.0. The van der Waals surface area contributed by atoms with Crippen LogP contribution >= 0.6 is 0 Å². The van der Waals surface area contributed by atoms with Crippen molar-refractivity contribution in [1.29, 1.82) is 0 Å². The first-order valence-electron chi connectivity index (χ1n) is 5.68. The Balaban J connectivity index is 2.72. The van der Waals surface area contributed by atoms with E-state index in [1.54, 1.807) is 23.6 Å². The van der Waals surface area contributed by atoms with Gasteiger partial charge in [0.2, 0.25) is 11.9 Å². The minimum atomic E-state index is -0.594. The van der Waals surface area contributed by atoms with Crippen molar-refractivity contribution >= 4 is 22.9 Å². The van der Waals surface area contributed by atoms with Crippen molar-refractivity contribution in [1.82, 2.24) is 9.55 Å². The van der Waals surface area contributed by atoms with Crippen molar-refractivity contribution in [2.24, 2.45) is 5.73 Å². The van der Waals surface area contributed by atoms with Gasteiger partial charge in [0.05, 0.1) is 25.3 Å². The van der Waals surface area contributed by atoms with E-state index in [0.717, 1.165) is 0 Å². The molecule has 1 aromatic heterocycles. The lowest BCUT2D eigenvalue weighted by atomic mass is 10.2. The second kappa shape index (κ2) is 4.68. The second-order valence-electron chi connectivity index (χ2n) is 4.11. The summed E-state index contributed by atoms with van der Waals surface area (Å²) >= 11 is 0. The topological polar surface area (TPSA) is 105 Å². The van der Waals surface area contributed by atoms with E-state index in [9.17, 15) is 4.79 Å². The Bertz CT molecular complexity index is 635. The highest BCUT2D eigenvalue weighted by atomic mass is 16.5. The zero-order valence-corrected chi connectivity index (χ0v) is 11.0.